The van der Waals surface area contributed by atoms with Gasteiger partial charge in [0.05, 0.1) is 12.2 Å². The quantitative estimate of drug-likeness (QED) is 0.866. The highest BCUT2D eigenvalue weighted by atomic mass is 19.4. The highest BCUT2D eigenvalue weighted by Gasteiger charge is 2.31. The highest BCUT2D eigenvalue weighted by molar-refractivity contribution is 5.13. The molecule has 0 radical (unpaired) electrons. The Morgan fingerprint density at radius 3 is 2.61 bits per heavy atom. The van der Waals surface area contributed by atoms with Gasteiger partial charge in [-0.15, -0.1) is 0 Å². The van der Waals surface area contributed by atoms with Crippen LogP contribution >= 0.6 is 0 Å². The van der Waals surface area contributed by atoms with Crippen molar-refractivity contribution in [2.75, 3.05) is 20.8 Å². The molecule has 0 fully saturated rings. The van der Waals surface area contributed by atoms with E-state index < -0.39 is 17.3 Å². The van der Waals surface area contributed by atoms with Crippen molar-refractivity contribution in [2.24, 2.45) is 0 Å². The Hall–Kier alpha value is -1.34. The number of nitrogens with one attached hydrogen (secondary N) is 1. The van der Waals surface area contributed by atoms with Crippen LogP contribution in [-0.4, -0.2) is 31.4 Å². The van der Waals surface area contributed by atoms with Crippen LogP contribution in [0.2, 0.25) is 0 Å². The first-order chi connectivity index (χ1) is 8.38. The molecule has 0 saturated carbocycles. The molecular weight excluding hydrogens is 249 g/mol. The number of aromatic nitrogens is 1. The van der Waals surface area contributed by atoms with Crippen molar-refractivity contribution < 1.29 is 17.9 Å². The SMILES string of the molecule is CNC(COC)Cn1cc(C(F)(F)F)ccc1=O. The summed E-state index contributed by atoms with van der Waals surface area (Å²) < 4.78 is 43.5. The first-order valence-corrected chi connectivity index (χ1v) is 5.32. The standard InChI is InChI=1S/C11H15F3N2O2/c1-15-9(7-18-2)6-16-5-8(11(12,13)14)3-4-10(16)17/h3-5,9,15H,6-7H2,1-2H3. The molecule has 0 aliphatic rings. The fourth-order valence-corrected chi connectivity index (χ4v) is 1.51. The van der Waals surface area contributed by atoms with Crippen molar-refractivity contribution in [3.8, 4) is 0 Å². The van der Waals surface area contributed by atoms with Gasteiger partial charge in [-0.3, -0.25) is 4.79 Å². The number of pyridine rings is 1. The van der Waals surface area contributed by atoms with E-state index in [1.54, 1.807) is 7.05 Å². The second-order valence-corrected chi connectivity index (χ2v) is 3.85. The summed E-state index contributed by atoms with van der Waals surface area (Å²) in [6, 6.07) is 1.47. The monoisotopic (exact) mass is 264 g/mol. The number of hydrogen-bond donors (Lipinski definition) is 1. The van der Waals surface area contributed by atoms with Gasteiger partial charge in [0.25, 0.3) is 5.56 Å². The van der Waals surface area contributed by atoms with Crippen molar-refractivity contribution in [1.82, 2.24) is 9.88 Å². The number of ether oxygens (including phenoxy) is 1. The fourth-order valence-electron chi connectivity index (χ4n) is 1.51. The van der Waals surface area contributed by atoms with E-state index in [0.717, 1.165) is 22.9 Å². The zero-order valence-electron chi connectivity index (χ0n) is 10.1. The second-order valence-electron chi connectivity index (χ2n) is 3.85. The molecule has 0 bridgehead atoms. The average Bonchev–Trinajstić information content (AvgIpc) is 2.29. The maximum absolute atomic E-state index is 12.5. The van der Waals surface area contributed by atoms with Gasteiger partial charge in [0.1, 0.15) is 0 Å². The topological polar surface area (TPSA) is 43.3 Å². The van der Waals surface area contributed by atoms with Crippen LogP contribution in [0.4, 0.5) is 13.2 Å². The van der Waals surface area contributed by atoms with Crippen molar-refractivity contribution in [3.05, 3.63) is 34.2 Å². The van der Waals surface area contributed by atoms with E-state index in [1.165, 1.54) is 7.11 Å². The van der Waals surface area contributed by atoms with Crippen LogP contribution in [0, 0.1) is 0 Å². The van der Waals surface area contributed by atoms with Crippen molar-refractivity contribution in [1.29, 1.82) is 0 Å². The molecule has 1 unspecified atom stereocenters. The third-order valence-electron chi connectivity index (χ3n) is 2.50. The van der Waals surface area contributed by atoms with E-state index in [1.807, 2.05) is 0 Å². The average molecular weight is 264 g/mol. The maximum atomic E-state index is 12.5. The first-order valence-electron chi connectivity index (χ1n) is 5.32. The summed E-state index contributed by atoms with van der Waals surface area (Å²) in [4.78, 5) is 11.5. The minimum atomic E-state index is -4.45. The largest absolute Gasteiger partial charge is 0.417 e. The van der Waals surface area contributed by atoms with Crippen molar-refractivity contribution in [2.45, 2.75) is 18.8 Å². The van der Waals surface area contributed by atoms with Gasteiger partial charge in [-0.1, -0.05) is 0 Å². The van der Waals surface area contributed by atoms with Crippen LogP contribution in [0.15, 0.2) is 23.1 Å². The summed E-state index contributed by atoms with van der Waals surface area (Å²) in [5.74, 6) is 0. The fraction of sp³-hybridized carbons (Fsp3) is 0.545. The van der Waals surface area contributed by atoms with Crippen molar-refractivity contribution >= 4 is 0 Å². The molecule has 0 amide bonds. The predicted octanol–water partition coefficient (Wildman–Crippen LogP) is 1.10. The Morgan fingerprint density at radius 1 is 1.44 bits per heavy atom. The lowest BCUT2D eigenvalue weighted by Gasteiger charge is -2.17. The van der Waals surface area contributed by atoms with Gasteiger partial charge >= 0.3 is 6.18 Å². The number of hydrogen-bond acceptors (Lipinski definition) is 3. The number of alkyl halides is 3. The summed E-state index contributed by atoms with van der Waals surface area (Å²) in [5, 5.41) is 2.87. The number of halogens is 3. The molecule has 1 aromatic heterocycles. The number of methoxy groups -OCH3 is 1. The van der Waals surface area contributed by atoms with Crippen LogP contribution < -0.4 is 10.9 Å². The van der Waals surface area contributed by atoms with Crippen molar-refractivity contribution in [3.63, 3.8) is 0 Å². The van der Waals surface area contributed by atoms with E-state index in [0.29, 0.717) is 6.61 Å². The van der Waals surface area contributed by atoms with Gasteiger partial charge in [-0.2, -0.15) is 13.2 Å². The van der Waals surface area contributed by atoms with E-state index in [2.05, 4.69) is 5.32 Å². The zero-order valence-corrected chi connectivity index (χ0v) is 10.1. The molecule has 1 rings (SSSR count). The molecule has 1 aromatic rings. The highest BCUT2D eigenvalue weighted by Crippen LogP contribution is 2.27. The van der Waals surface area contributed by atoms with Gasteiger partial charge in [0.2, 0.25) is 0 Å². The number of rotatable bonds is 5. The summed E-state index contributed by atoms with van der Waals surface area (Å²) in [6.45, 7) is 0.423. The molecule has 0 spiro atoms. The Kier molecular flexibility index (Phi) is 4.92. The smallest absolute Gasteiger partial charge is 0.383 e. The summed E-state index contributed by atoms with van der Waals surface area (Å²) in [6.07, 6.45) is -3.63. The maximum Gasteiger partial charge on any atom is 0.417 e. The molecule has 4 nitrogen and oxygen atoms in total. The lowest BCUT2D eigenvalue weighted by atomic mass is 10.2. The molecule has 1 atom stereocenters. The molecule has 0 aromatic carbocycles. The van der Waals surface area contributed by atoms with E-state index in [4.69, 9.17) is 4.74 Å². The molecule has 1 N–H and O–H groups in total. The van der Waals surface area contributed by atoms with Gasteiger partial charge in [0.15, 0.2) is 0 Å². The number of likely N-dealkylation sites (N-methyl/N-ethyl adjacent to an activating group) is 1. The van der Waals surface area contributed by atoms with Crippen LogP contribution in [0.1, 0.15) is 5.56 Å². The lowest BCUT2D eigenvalue weighted by molar-refractivity contribution is -0.138. The zero-order chi connectivity index (χ0) is 13.8. The van der Waals surface area contributed by atoms with Crippen LogP contribution in [0.25, 0.3) is 0 Å². The van der Waals surface area contributed by atoms with E-state index >= 15 is 0 Å². The molecular formula is C11H15F3N2O2. The van der Waals surface area contributed by atoms with Crippen LogP contribution in [-0.2, 0) is 17.5 Å². The van der Waals surface area contributed by atoms with Gasteiger partial charge < -0.3 is 14.6 Å². The predicted molar refractivity (Wildman–Crippen MR) is 60.4 cm³/mol. The minimum absolute atomic E-state index is 0.118. The normalized spacial score (nSPS) is 13.6. The molecule has 0 aliphatic carbocycles. The first kappa shape index (κ1) is 14.7. The lowest BCUT2D eigenvalue weighted by Crippen LogP contribution is -2.37. The Labute approximate surface area is 102 Å². The third kappa shape index (κ3) is 3.85. The molecule has 0 saturated heterocycles. The van der Waals surface area contributed by atoms with Crippen LogP contribution in [0.5, 0.6) is 0 Å². The van der Waals surface area contributed by atoms with Gasteiger partial charge in [-0.05, 0) is 13.1 Å². The molecule has 102 valence electrons. The van der Waals surface area contributed by atoms with Gasteiger partial charge in [0, 0.05) is 32.0 Å². The third-order valence-corrected chi connectivity index (χ3v) is 2.50. The molecule has 1 heterocycles. The Balaban J connectivity index is 2.97. The summed E-state index contributed by atoms with van der Waals surface area (Å²) in [5.41, 5.74) is -1.31. The Bertz CT molecular complexity index is 443. The molecule has 7 heteroatoms. The number of nitrogens with zero attached hydrogens (tertiary/aromatic N) is 1. The second kappa shape index (κ2) is 6.01. The molecule has 18 heavy (non-hydrogen) atoms. The van der Waals surface area contributed by atoms with E-state index in [-0.39, 0.29) is 12.6 Å². The summed E-state index contributed by atoms with van der Waals surface area (Å²) in [7, 11) is 3.14. The van der Waals surface area contributed by atoms with Crippen LogP contribution in [0.3, 0.4) is 0 Å². The summed E-state index contributed by atoms with van der Waals surface area (Å²) >= 11 is 0. The van der Waals surface area contributed by atoms with E-state index in [9.17, 15) is 18.0 Å². The minimum Gasteiger partial charge on any atom is -0.383 e. The molecule has 0 aliphatic heterocycles. The van der Waals surface area contributed by atoms with Gasteiger partial charge in [-0.25, -0.2) is 0 Å². The Morgan fingerprint density at radius 2 is 2.11 bits per heavy atom.